The van der Waals surface area contributed by atoms with Crippen LogP contribution in [0.5, 0.6) is 5.88 Å². The van der Waals surface area contributed by atoms with Crippen molar-refractivity contribution in [3.8, 4) is 17.1 Å². The van der Waals surface area contributed by atoms with E-state index in [0.717, 1.165) is 0 Å². The van der Waals surface area contributed by atoms with Crippen molar-refractivity contribution in [2.45, 2.75) is 0 Å². The van der Waals surface area contributed by atoms with Crippen molar-refractivity contribution in [1.29, 1.82) is 0 Å². The molecule has 0 amide bonds. The number of fused-ring (bicyclic) bond motifs is 1. The SMILES string of the molecule is O=c1[nH][nH]c(O)c1-c1ncnc2[nH]ccc12. The number of aromatic amines is 3. The Morgan fingerprint density at radius 1 is 1.25 bits per heavy atom. The number of hydrogen-bond acceptors (Lipinski definition) is 4. The molecule has 0 aliphatic heterocycles. The predicted octanol–water partition coefficient (Wildman–Crippen LogP) is 0.347. The topological polar surface area (TPSA) is 110 Å². The van der Waals surface area contributed by atoms with E-state index in [4.69, 9.17) is 0 Å². The average Bonchev–Trinajstić information content (AvgIpc) is 2.86. The molecule has 0 aliphatic carbocycles. The summed E-state index contributed by atoms with van der Waals surface area (Å²) in [6, 6.07) is 1.75. The maximum absolute atomic E-state index is 11.5. The van der Waals surface area contributed by atoms with Gasteiger partial charge in [-0.1, -0.05) is 0 Å². The number of H-pyrrole nitrogens is 3. The zero-order valence-corrected chi connectivity index (χ0v) is 7.98. The third-order valence-electron chi connectivity index (χ3n) is 2.35. The highest BCUT2D eigenvalue weighted by atomic mass is 16.3. The lowest BCUT2D eigenvalue weighted by atomic mass is 10.2. The molecule has 0 saturated heterocycles. The monoisotopic (exact) mass is 217 g/mol. The van der Waals surface area contributed by atoms with Crippen molar-refractivity contribution in [3.05, 3.63) is 28.9 Å². The van der Waals surface area contributed by atoms with Gasteiger partial charge >= 0.3 is 0 Å². The summed E-state index contributed by atoms with van der Waals surface area (Å²) >= 11 is 0. The third-order valence-corrected chi connectivity index (χ3v) is 2.35. The largest absolute Gasteiger partial charge is 0.493 e. The first-order valence-electron chi connectivity index (χ1n) is 4.55. The summed E-state index contributed by atoms with van der Waals surface area (Å²) in [6.07, 6.45) is 3.03. The molecule has 0 aliphatic rings. The van der Waals surface area contributed by atoms with E-state index < -0.39 is 5.56 Å². The molecule has 4 N–H and O–H groups in total. The van der Waals surface area contributed by atoms with Crippen molar-refractivity contribution in [3.63, 3.8) is 0 Å². The van der Waals surface area contributed by atoms with Gasteiger partial charge < -0.3 is 10.1 Å². The van der Waals surface area contributed by atoms with Crippen LogP contribution in [-0.4, -0.2) is 30.3 Å². The summed E-state index contributed by atoms with van der Waals surface area (Å²) in [5.74, 6) is -0.230. The lowest BCUT2D eigenvalue weighted by Gasteiger charge is -1.97. The van der Waals surface area contributed by atoms with E-state index in [1.807, 2.05) is 0 Å². The molecule has 3 heterocycles. The van der Waals surface area contributed by atoms with Crippen LogP contribution in [0.1, 0.15) is 0 Å². The molecular formula is C9H7N5O2. The smallest absolute Gasteiger partial charge is 0.277 e. The van der Waals surface area contributed by atoms with E-state index in [2.05, 4.69) is 25.1 Å². The second-order valence-corrected chi connectivity index (χ2v) is 3.26. The summed E-state index contributed by atoms with van der Waals surface area (Å²) in [5, 5.41) is 14.8. The molecule has 3 aromatic rings. The Hall–Kier alpha value is -2.57. The maximum Gasteiger partial charge on any atom is 0.277 e. The lowest BCUT2D eigenvalue weighted by Crippen LogP contribution is -2.03. The van der Waals surface area contributed by atoms with Crippen molar-refractivity contribution >= 4 is 11.0 Å². The Balaban J connectivity index is 2.42. The van der Waals surface area contributed by atoms with Crippen LogP contribution in [0.4, 0.5) is 0 Å². The van der Waals surface area contributed by atoms with Crippen molar-refractivity contribution in [2.24, 2.45) is 0 Å². The Morgan fingerprint density at radius 3 is 2.88 bits per heavy atom. The molecule has 0 bridgehead atoms. The Kier molecular flexibility index (Phi) is 1.61. The first kappa shape index (κ1) is 8.72. The molecule has 0 unspecified atom stereocenters. The van der Waals surface area contributed by atoms with Gasteiger partial charge in [-0.15, -0.1) is 0 Å². The number of aromatic hydroxyl groups is 1. The van der Waals surface area contributed by atoms with Crippen molar-refractivity contribution in [2.75, 3.05) is 0 Å². The predicted molar refractivity (Wildman–Crippen MR) is 56.0 cm³/mol. The fourth-order valence-electron chi connectivity index (χ4n) is 1.64. The van der Waals surface area contributed by atoms with Crippen LogP contribution in [0.3, 0.4) is 0 Å². The van der Waals surface area contributed by atoms with Gasteiger partial charge in [-0.2, -0.15) is 0 Å². The van der Waals surface area contributed by atoms with Crippen LogP contribution in [0, 0.1) is 0 Å². The van der Waals surface area contributed by atoms with Gasteiger partial charge in [0, 0.05) is 11.6 Å². The molecule has 7 heteroatoms. The molecule has 3 aromatic heterocycles. The van der Waals surface area contributed by atoms with E-state index in [-0.39, 0.29) is 11.4 Å². The minimum atomic E-state index is -0.418. The first-order chi connectivity index (χ1) is 7.77. The van der Waals surface area contributed by atoms with Gasteiger partial charge in [0.1, 0.15) is 17.5 Å². The highest BCUT2D eigenvalue weighted by Gasteiger charge is 2.16. The number of aromatic nitrogens is 5. The minimum absolute atomic E-state index is 0.118. The van der Waals surface area contributed by atoms with Crippen molar-refractivity contribution in [1.82, 2.24) is 25.1 Å². The van der Waals surface area contributed by atoms with Crippen LogP contribution in [0.2, 0.25) is 0 Å². The summed E-state index contributed by atoms with van der Waals surface area (Å²) < 4.78 is 0. The van der Waals surface area contributed by atoms with Gasteiger partial charge in [0.15, 0.2) is 0 Å². The van der Waals surface area contributed by atoms with E-state index in [1.165, 1.54) is 6.33 Å². The second-order valence-electron chi connectivity index (χ2n) is 3.26. The summed E-state index contributed by atoms with van der Waals surface area (Å²) in [4.78, 5) is 22.4. The fraction of sp³-hybridized carbons (Fsp3) is 0. The summed E-state index contributed by atoms with van der Waals surface area (Å²) in [5.41, 5.74) is 0.710. The second kappa shape index (κ2) is 2.96. The number of rotatable bonds is 1. The average molecular weight is 217 g/mol. The molecule has 0 aromatic carbocycles. The van der Waals surface area contributed by atoms with Crippen LogP contribution in [-0.2, 0) is 0 Å². The Bertz CT molecular complexity index is 708. The molecule has 3 rings (SSSR count). The van der Waals surface area contributed by atoms with Gasteiger partial charge in [-0.05, 0) is 6.07 Å². The Morgan fingerprint density at radius 2 is 2.12 bits per heavy atom. The molecule has 16 heavy (non-hydrogen) atoms. The van der Waals surface area contributed by atoms with E-state index in [9.17, 15) is 9.90 Å². The molecule has 7 nitrogen and oxygen atoms in total. The lowest BCUT2D eigenvalue weighted by molar-refractivity contribution is 0.453. The number of nitrogens with zero attached hydrogens (tertiary/aromatic N) is 2. The van der Waals surface area contributed by atoms with Gasteiger partial charge in [0.25, 0.3) is 5.56 Å². The summed E-state index contributed by atoms with van der Waals surface area (Å²) in [7, 11) is 0. The summed E-state index contributed by atoms with van der Waals surface area (Å²) in [6.45, 7) is 0. The standard InChI is InChI=1S/C9H7N5O2/c15-8-5(9(16)14-13-8)6-4-1-2-10-7(4)12-3-11-6/h1-3H,(H,10,11,12)(H3,13,14,15,16). The highest BCUT2D eigenvalue weighted by molar-refractivity contribution is 5.91. The molecule has 0 spiro atoms. The zero-order valence-electron chi connectivity index (χ0n) is 7.98. The highest BCUT2D eigenvalue weighted by Crippen LogP contribution is 2.26. The number of nitrogens with one attached hydrogen (secondary N) is 3. The van der Waals surface area contributed by atoms with E-state index in [1.54, 1.807) is 12.3 Å². The van der Waals surface area contributed by atoms with Gasteiger partial charge in [-0.25, -0.2) is 9.97 Å². The van der Waals surface area contributed by atoms with Crippen molar-refractivity contribution < 1.29 is 5.11 Å². The fourth-order valence-corrected chi connectivity index (χ4v) is 1.64. The van der Waals surface area contributed by atoms with Crippen LogP contribution >= 0.6 is 0 Å². The molecular weight excluding hydrogens is 210 g/mol. The molecule has 0 radical (unpaired) electrons. The van der Waals surface area contributed by atoms with Gasteiger partial charge in [0.2, 0.25) is 5.88 Å². The van der Waals surface area contributed by atoms with Crippen LogP contribution in [0.25, 0.3) is 22.3 Å². The number of hydrogen-bond donors (Lipinski definition) is 4. The van der Waals surface area contributed by atoms with E-state index >= 15 is 0 Å². The zero-order chi connectivity index (χ0) is 11.1. The first-order valence-corrected chi connectivity index (χ1v) is 4.55. The van der Waals surface area contributed by atoms with Crippen LogP contribution < -0.4 is 5.56 Å². The Labute approximate surface area is 88.2 Å². The van der Waals surface area contributed by atoms with Gasteiger partial charge in [-0.3, -0.25) is 15.0 Å². The normalized spacial score (nSPS) is 11.0. The van der Waals surface area contributed by atoms with Gasteiger partial charge in [0.05, 0.1) is 5.69 Å². The quantitative estimate of drug-likeness (QED) is 0.471. The minimum Gasteiger partial charge on any atom is -0.493 e. The molecule has 0 fully saturated rings. The van der Waals surface area contributed by atoms with E-state index in [0.29, 0.717) is 16.7 Å². The third kappa shape index (κ3) is 1.05. The van der Waals surface area contributed by atoms with Crippen LogP contribution in [0.15, 0.2) is 23.4 Å². The molecule has 0 saturated carbocycles. The maximum atomic E-state index is 11.5. The molecule has 80 valence electrons. The molecule has 0 atom stereocenters.